The van der Waals surface area contributed by atoms with Gasteiger partial charge < -0.3 is 4.74 Å². The number of hydrogen-bond donors (Lipinski definition) is 0. The minimum atomic E-state index is -0.391. The van der Waals surface area contributed by atoms with Crippen molar-refractivity contribution in [3.8, 4) is 5.75 Å². The summed E-state index contributed by atoms with van der Waals surface area (Å²) in [7, 11) is 0. The first-order chi connectivity index (χ1) is 9.22. The van der Waals surface area contributed by atoms with Gasteiger partial charge in [-0.05, 0) is 36.2 Å². The monoisotopic (exact) mass is 251 g/mol. The van der Waals surface area contributed by atoms with Gasteiger partial charge in [-0.15, -0.1) is 0 Å². The molecule has 19 heavy (non-hydrogen) atoms. The number of hydrogen-bond acceptors (Lipinski definition) is 2. The summed E-state index contributed by atoms with van der Waals surface area (Å²) in [5.41, 5.74) is 2.22. The fourth-order valence-electron chi connectivity index (χ4n) is 1.63. The number of ether oxygens (including phenoxy) is 1. The predicted octanol–water partition coefficient (Wildman–Crippen LogP) is 4.02. The molecule has 0 aliphatic carbocycles. The molecular formula is C16H13NO2. The van der Waals surface area contributed by atoms with E-state index in [-0.39, 0.29) is 0 Å². The Kier molecular flexibility index (Phi) is 3.94. The lowest BCUT2D eigenvalue weighted by atomic mass is 10.1. The van der Waals surface area contributed by atoms with Crippen LogP contribution >= 0.6 is 0 Å². The smallest absolute Gasteiger partial charge is 0.343 e. The quantitative estimate of drug-likeness (QED) is 0.468. The molecule has 0 aliphatic heterocycles. The molecule has 2 aromatic rings. The minimum absolute atomic E-state index is 0.391. The van der Waals surface area contributed by atoms with Crippen LogP contribution in [0.5, 0.6) is 5.75 Å². The van der Waals surface area contributed by atoms with Crippen LogP contribution in [0, 0.1) is 6.57 Å². The van der Waals surface area contributed by atoms with Crippen LogP contribution in [0.2, 0.25) is 0 Å². The van der Waals surface area contributed by atoms with Gasteiger partial charge in [0.15, 0.2) is 5.69 Å². The van der Waals surface area contributed by atoms with E-state index in [1.165, 1.54) is 5.56 Å². The largest absolute Gasteiger partial charge is 0.423 e. The van der Waals surface area contributed by atoms with Crippen molar-refractivity contribution in [2.24, 2.45) is 0 Å². The van der Waals surface area contributed by atoms with Crippen LogP contribution in [-0.4, -0.2) is 5.97 Å². The zero-order valence-corrected chi connectivity index (χ0v) is 10.6. The molecule has 0 aromatic heterocycles. The molecule has 0 spiro atoms. The summed E-state index contributed by atoms with van der Waals surface area (Å²) in [6.45, 7) is 8.91. The molecule has 0 bridgehead atoms. The van der Waals surface area contributed by atoms with E-state index >= 15 is 0 Å². The fraction of sp³-hybridized carbons (Fsp3) is 0.125. The number of benzene rings is 2. The Morgan fingerprint density at radius 2 is 1.74 bits per heavy atom. The van der Waals surface area contributed by atoms with Gasteiger partial charge in [0.1, 0.15) is 5.75 Å². The lowest BCUT2D eigenvalue weighted by Gasteiger charge is -2.05. The summed E-state index contributed by atoms with van der Waals surface area (Å²) in [5.74, 6) is 0.0511. The van der Waals surface area contributed by atoms with Crippen LogP contribution in [0.15, 0.2) is 48.5 Å². The first kappa shape index (κ1) is 12.8. The van der Waals surface area contributed by atoms with E-state index in [0.717, 1.165) is 6.42 Å². The first-order valence-electron chi connectivity index (χ1n) is 6.01. The Hall–Kier alpha value is -2.60. The predicted molar refractivity (Wildman–Crippen MR) is 73.5 cm³/mol. The highest BCUT2D eigenvalue weighted by Crippen LogP contribution is 2.19. The van der Waals surface area contributed by atoms with Crippen molar-refractivity contribution in [1.82, 2.24) is 0 Å². The molecule has 3 nitrogen and oxygen atoms in total. The molecule has 0 amide bonds. The Morgan fingerprint density at radius 3 is 2.26 bits per heavy atom. The van der Waals surface area contributed by atoms with E-state index in [1.807, 2.05) is 12.1 Å². The van der Waals surface area contributed by atoms with Crippen LogP contribution in [-0.2, 0) is 6.42 Å². The van der Waals surface area contributed by atoms with Gasteiger partial charge in [0.05, 0.1) is 12.1 Å². The minimum Gasteiger partial charge on any atom is -0.423 e. The van der Waals surface area contributed by atoms with E-state index in [4.69, 9.17) is 11.3 Å². The van der Waals surface area contributed by atoms with Gasteiger partial charge in [0.2, 0.25) is 0 Å². The van der Waals surface area contributed by atoms with E-state index in [1.54, 1.807) is 36.4 Å². The second kappa shape index (κ2) is 5.83. The zero-order valence-electron chi connectivity index (χ0n) is 10.6. The van der Waals surface area contributed by atoms with E-state index in [9.17, 15) is 4.79 Å². The maximum absolute atomic E-state index is 11.9. The number of rotatable bonds is 3. The molecule has 0 atom stereocenters. The Labute approximate surface area is 112 Å². The summed E-state index contributed by atoms with van der Waals surface area (Å²) in [6.07, 6.45) is 0.938. The van der Waals surface area contributed by atoms with E-state index < -0.39 is 5.97 Å². The normalized spacial score (nSPS) is 9.68. The van der Waals surface area contributed by atoms with Gasteiger partial charge in [-0.3, -0.25) is 0 Å². The molecule has 0 aliphatic rings. The van der Waals surface area contributed by atoms with E-state index in [0.29, 0.717) is 17.0 Å². The summed E-state index contributed by atoms with van der Waals surface area (Å²) in [6, 6.07) is 13.8. The first-order valence-corrected chi connectivity index (χ1v) is 6.01. The van der Waals surface area contributed by atoms with Crippen molar-refractivity contribution < 1.29 is 9.53 Å². The molecule has 2 rings (SSSR count). The van der Waals surface area contributed by atoms with Crippen LogP contribution in [0.1, 0.15) is 22.8 Å². The molecule has 0 N–H and O–H groups in total. The Balaban J connectivity index is 2.09. The molecule has 0 heterocycles. The van der Waals surface area contributed by atoms with Crippen LogP contribution in [0.3, 0.4) is 0 Å². The number of carbonyl (C=O) groups excluding carboxylic acids is 1. The third kappa shape index (κ3) is 3.20. The summed E-state index contributed by atoms with van der Waals surface area (Å²) in [4.78, 5) is 15.2. The Morgan fingerprint density at radius 1 is 1.11 bits per heavy atom. The fourth-order valence-corrected chi connectivity index (χ4v) is 1.63. The molecule has 0 saturated heterocycles. The third-order valence-electron chi connectivity index (χ3n) is 2.77. The van der Waals surface area contributed by atoms with Gasteiger partial charge >= 0.3 is 5.97 Å². The van der Waals surface area contributed by atoms with Crippen molar-refractivity contribution in [3.63, 3.8) is 0 Å². The summed E-state index contributed by atoms with van der Waals surface area (Å²) >= 11 is 0. The van der Waals surface area contributed by atoms with Crippen molar-refractivity contribution >= 4 is 11.7 Å². The van der Waals surface area contributed by atoms with Crippen molar-refractivity contribution in [2.75, 3.05) is 0 Å². The highest BCUT2D eigenvalue weighted by atomic mass is 16.5. The highest BCUT2D eigenvalue weighted by Gasteiger charge is 2.08. The average molecular weight is 251 g/mol. The molecule has 2 aromatic carbocycles. The molecule has 3 heteroatoms. The lowest BCUT2D eigenvalue weighted by molar-refractivity contribution is 0.0735. The topological polar surface area (TPSA) is 30.7 Å². The molecule has 0 fully saturated rings. The highest BCUT2D eigenvalue weighted by molar-refractivity contribution is 5.91. The lowest BCUT2D eigenvalue weighted by Crippen LogP contribution is -2.08. The zero-order chi connectivity index (χ0) is 13.7. The molecule has 0 unspecified atom stereocenters. The van der Waals surface area contributed by atoms with Gasteiger partial charge in [0, 0.05) is 0 Å². The van der Waals surface area contributed by atoms with Crippen molar-refractivity contribution in [2.45, 2.75) is 13.3 Å². The van der Waals surface area contributed by atoms with E-state index in [2.05, 4.69) is 11.8 Å². The molecule has 0 saturated carbocycles. The summed E-state index contributed by atoms with van der Waals surface area (Å²) in [5, 5.41) is 0. The van der Waals surface area contributed by atoms with Crippen molar-refractivity contribution in [1.29, 1.82) is 0 Å². The second-order valence-corrected chi connectivity index (χ2v) is 4.05. The number of aryl methyl sites for hydroxylation is 1. The summed E-state index contributed by atoms with van der Waals surface area (Å²) < 4.78 is 5.23. The van der Waals surface area contributed by atoms with Crippen LogP contribution in [0.25, 0.3) is 4.85 Å². The Bertz CT molecular complexity index is 607. The third-order valence-corrected chi connectivity index (χ3v) is 2.77. The van der Waals surface area contributed by atoms with Gasteiger partial charge in [0.25, 0.3) is 0 Å². The maximum atomic E-state index is 11.9. The van der Waals surface area contributed by atoms with Gasteiger partial charge in [-0.2, -0.15) is 0 Å². The van der Waals surface area contributed by atoms with Gasteiger partial charge in [-0.1, -0.05) is 31.2 Å². The molecule has 0 radical (unpaired) electrons. The standard InChI is InChI=1S/C16H13NO2/c1-3-12-4-6-13(7-5-12)16(18)19-15-10-8-14(17-2)9-11-15/h4-11H,3H2,1H3. The molecule has 94 valence electrons. The second-order valence-electron chi connectivity index (χ2n) is 4.05. The van der Waals surface area contributed by atoms with Crippen LogP contribution in [0.4, 0.5) is 5.69 Å². The average Bonchev–Trinajstić information content (AvgIpc) is 2.48. The number of carbonyl (C=O) groups is 1. The number of esters is 1. The van der Waals surface area contributed by atoms with Gasteiger partial charge in [-0.25, -0.2) is 9.64 Å². The SMILES string of the molecule is [C-]#[N+]c1ccc(OC(=O)c2ccc(CC)cc2)cc1. The molecular weight excluding hydrogens is 238 g/mol. The van der Waals surface area contributed by atoms with Crippen LogP contribution < -0.4 is 4.74 Å². The number of nitrogens with zero attached hydrogens (tertiary/aromatic N) is 1. The maximum Gasteiger partial charge on any atom is 0.343 e. The van der Waals surface area contributed by atoms with Crippen molar-refractivity contribution in [3.05, 3.63) is 71.1 Å².